The summed E-state index contributed by atoms with van der Waals surface area (Å²) in [6.07, 6.45) is 1.08. The van der Waals surface area contributed by atoms with Gasteiger partial charge < -0.3 is 10.4 Å². The van der Waals surface area contributed by atoms with Crippen LogP contribution in [-0.2, 0) is 9.84 Å². The Kier molecular flexibility index (Phi) is 4.28. The first-order valence-corrected chi connectivity index (χ1v) is 7.22. The average Bonchev–Trinajstić information content (AvgIpc) is 2.18. The van der Waals surface area contributed by atoms with E-state index in [-0.39, 0.29) is 17.0 Å². The van der Waals surface area contributed by atoms with Crippen LogP contribution in [0.2, 0.25) is 0 Å². The van der Waals surface area contributed by atoms with Crippen LogP contribution in [0.5, 0.6) is 0 Å². The SMILES string of the molecule is CC(CS(C)(=O)=O)Nc1cc(C(=O)O)ccc1F. The highest BCUT2D eigenvalue weighted by Crippen LogP contribution is 2.17. The third kappa shape index (κ3) is 4.33. The fraction of sp³-hybridized carbons (Fsp3) is 0.364. The van der Waals surface area contributed by atoms with E-state index in [9.17, 15) is 17.6 Å². The number of aromatic carboxylic acids is 1. The highest BCUT2D eigenvalue weighted by atomic mass is 32.2. The first kappa shape index (κ1) is 14.4. The largest absolute Gasteiger partial charge is 0.478 e. The maximum Gasteiger partial charge on any atom is 0.335 e. The zero-order valence-electron chi connectivity index (χ0n) is 9.97. The summed E-state index contributed by atoms with van der Waals surface area (Å²) < 4.78 is 35.5. The van der Waals surface area contributed by atoms with Crippen molar-refractivity contribution in [1.82, 2.24) is 0 Å². The Morgan fingerprint density at radius 3 is 2.61 bits per heavy atom. The molecule has 1 atom stereocenters. The molecule has 18 heavy (non-hydrogen) atoms. The Balaban J connectivity index is 2.90. The lowest BCUT2D eigenvalue weighted by molar-refractivity contribution is 0.0697. The van der Waals surface area contributed by atoms with Gasteiger partial charge in [-0.3, -0.25) is 0 Å². The molecule has 1 rings (SSSR count). The van der Waals surface area contributed by atoms with E-state index in [1.54, 1.807) is 6.92 Å². The quantitative estimate of drug-likeness (QED) is 0.848. The summed E-state index contributed by atoms with van der Waals surface area (Å²) in [6.45, 7) is 1.58. The zero-order valence-corrected chi connectivity index (χ0v) is 10.8. The second kappa shape index (κ2) is 5.34. The third-order valence-corrected chi connectivity index (χ3v) is 3.27. The zero-order chi connectivity index (χ0) is 13.9. The van der Waals surface area contributed by atoms with Gasteiger partial charge in [0.05, 0.1) is 17.0 Å². The van der Waals surface area contributed by atoms with Crippen LogP contribution in [-0.4, -0.2) is 37.5 Å². The first-order valence-electron chi connectivity index (χ1n) is 5.16. The molecule has 0 heterocycles. The summed E-state index contributed by atoms with van der Waals surface area (Å²) >= 11 is 0. The van der Waals surface area contributed by atoms with Crippen molar-refractivity contribution < 1.29 is 22.7 Å². The molecular formula is C11H14FNO4S. The van der Waals surface area contributed by atoms with Crippen LogP contribution < -0.4 is 5.32 Å². The van der Waals surface area contributed by atoms with Crippen LogP contribution in [0.25, 0.3) is 0 Å². The summed E-state index contributed by atoms with van der Waals surface area (Å²) in [5.41, 5.74) is -0.0866. The van der Waals surface area contributed by atoms with E-state index in [4.69, 9.17) is 5.11 Å². The lowest BCUT2D eigenvalue weighted by Crippen LogP contribution is -2.25. The minimum atomic E-state index is -3.18. The van der Waals surface area contributed by atoms with Gasteiger partial charge in [-0.2, -0.15) is 0 Å². The number of hydrogen-bond acceptors (Lipinski definition) is 4. The molecule has 0 saturated heterocycles. The van der Waals surface area contributed by atoms with Crippen molar-refractivity contribution in [1.29, 1.82) is 0 Å². The maximum atomic E-state index is 13.4. The number of halogens is 1. The Bertz CT molecular complexity index is 556. The number of benzene rings is 1. The lowest BCUT2D eigenvalue weighted by Gasteiger charge is -2.15. The van der Waals surface area contributed by atoms with E-state index in [1.165, 1.54) is 0 Å². The van der Waals surface area contributed by atoms with Gasteiger partial charge >= 0.3 is 5.97 Å². The number of anilines is 1. The molecule has 0 spiro atoms. The molecule has 7 heteroatoms. The minimum absolute atomic E-state index is 0.0222. The van der Waals surface area contributed by atoms with Gasteiger partial charge in [-0.15, -0.1) is 0 Å². The molecule has 0 aromatic heterocycles. The maximum absolute atomic E-state index is 13.4. The second-order valence-corrected chi connectivity index (χ2v) is 6.32. The van der Waals surface area contributed by atoms with E-state index in [1.807, 2.05) is 0 Å². The smallest absolute Gasteiger partial charge is 0.335 e. The number of carbonyl (C=O) groups is 1. The molecule has 0 radical (unpaired) electrons. The number of carboxylic acid groups (broad SMARTS) is 1. The standard InChI is InChI=1S/C11H14FNO4S/c1-7(6-18(2,16)17)13-10-5-8(11(14)15)3-4-9(10)12/h3-5,7,13H,6H2,1-2H3,(H,14,15). The van der Waals surface area contributed by atoms with Crippen molar-refractivity contribution >= 4 is 21.5 Å². The number of nitrogens with one attached hydrogen (secondary N) is 1. The highest BCUT2D eigenvalue weighted by Gasteiger charge is 2.14. The Morgan fingerprint density at radius 1 is 1.50 bits per heavy atom. The number of sulfone groups is 1. The van der Waals surface area contributed by atoms with E-state index < -0.39 is 27.7 Å². The molecule has 0 amide bonds. The van der Waals surface area contributed by atoms with Crippen molar-refractivity contribution in [2.45, 2.75) is 13.0 Å². The molecule has 0 aliphatic heterocycles. The van der Waals surface area contributed by atoms with E-state index in [0.717, 1.165) is 24.5 Å². The second-order valence-electron chi connectivity index (χ2n) is 4.14. The van der Waals surface area contributed by atoms with Crippen molar-refractivity contribution in [3.63, 3.8) is 0 Å². The molecular weight excluding hydrogens is 261 g/mol. The Labute approximate surface area is 105 Å². The van der Waals surface area contributed by atoms with Gasteiger partial charge in [0.15, 0.2) is 0 Å². The minimum Gasteiger partial charge on any atom is -0.478 e. The highest BCUT2D eigenvalue weighted by molar-refractivity contribution is 7.90. The average molecular weight is 275 g/mol. The Morgan fingerprint density at radius 2 is 2.11 bits per heavy atom. The fourth-order valence-electron chi connectivity index (χ4n) is 1.53. The van der Waals surface area contributed by atoms with Crippen LogP contribution >= 0.6 is 0 Å². The van der Waals surface area contributed by atoms with Gasteiger partial charge in [-0.1, -0.05) is 0 Å². The van der Waals surface area contributed by atoms with Crippen LogP contribution in [0.4, 0.5) is 10.1 Å². The molecule has 1 unspecified atom stereocenters. The number of carboxylic acids is 1. The molecule has 0 fully saturated rings. The number of hydrogen-bond donors (Lipinski definition) is 2. The molecule has 100 valence electrons. The summed E-state index contributed by atoms with van der Waals surface area (Å²) in [4.78, 5) is 10.7. The summed E-state index contributed by atoms with van der Waals surface area (Å²) in [5.74, 6) is -1.96. The molecule has 2 N–H and O–H groups in total. The first-order chi connectivity index (χ1) is 8.19. The van der Waals surface area contributed by atoms with Crippen molar-refractivity contribution in [3.8, 4) is 0 Å². The molecule has 0 bridgehead atoms. The molecule has 0 aliphatic carbocycles. The summed E-state index contributed by atoms with van der Waals surface area (Å²) in [7, 11) is -3.18. The topological polar surface area (TPSA) is 83.5 Å². The molecule has 0 saturated carbocycles. The molecule has 5 nitrogen and oxygen atoms in total. The molecule has 0 aliphatic rings. The van der Waals surface area contributed by atoms with Crippen molar-refractivity contribution in [2.75, 3.05) is 17.3 Å². The molecule has 1 aromatic carbocycles. The summed E-state index contributed by atoms with van der Waals surface area (Å²) in [6, 6.07) is 2.79. The third-order valence-electron chi connectivity index (χ3n) is 2.17. The van der Waals surface area contributed by atoms with Crippen LogP contribution in [0.15, 0.2) is 18.2 Å². The van der Waals surface area contributed by atoms with E-state index in [0.29, 0.717) is 0 Å². The van der Waals surface area contributed by atoms with Crippen molar-refractivity contribution in [3.05, 3.63) is 29.6 Å². The van der Waals surface area contributed by atoms with E-state index >= 15 is 0 Å². The summed E-state index contributed by atoms with van der Waals surface area (Å²) in [5, 5.41) is 11.4. The lowest BCUT2D eigenvalue weighted by atomic mass is 10.2. The Hall–Kier alpha value is -1.63. The predicted octanol–water partition coefficient (Wildman–Crippen LogP) is 1.37. The van der Waals surface area contributed by atoms with Gasteiger partial charge in [0.2, 0.25) is 0 Å². The van der Waals surface area contributed by atoms with E-state index in [2.05, 4.69) is 5.32 Å². The van der Waals surface area contributed by atoms with Crippen LogP contribution in [0.3, 0.4) is 0 Å². The monoisotopic (exact) mass is 275 g/mol. The van der Waals surface area contributed by atoms with Crippen molar-refractivity contribution in [2.24, 2.45) is 0 Å². The van der Waals surface area contributed by atoms with Crippen LogP contribution in [0.1, 0.15) is 17.3 Å². The van der Waals surface area contributed by atoms with Gasteiger partial charge in [0, 0.05) is 12.3 Å². The number of rotatable bonds is 5. The predicted molar refractivity (Wildman–Crippen MR) is 66.2 cm³/mol. The van der Waals surface area contributed by atoms with Crippen LogP contribution in [0, 0.1) is 5.82 Å². The van der Waals surface area contributed by atoms with Gasteiger partial charge in [-0.25, -0.2) is 17.6 Å². The van der Waals surface area contributed by atoms with Gasteiger partial charge in [-0.05, 0) is 25.1 Å². The van der Waals surface area contributed by atoms with Gasteiger partial charge in [0.25, 0.3) is 0 Å². The van der Waals surface area contributed by atoms with Gasteiger partial charge in [0.1, 0.15) is 15.7 Å². The normalized spacial score (nSPS) is 13.1. The fourth-order valence-corrected chi connectivity index (χ4v) is 2.52. The molecule has 1 aromatic rings.